The molecule has 25 heavy (non-hydrogen) atoms. The van der Waals surface area contributed by atoms with E-state index in [0.717, 1.165) is 12.1 Å². The number of carbonyl (C=O) groups is 2. The monoisotopic (exact) mass is 352 g/mol. The van der Waals surface area contributed by atoms with E-state index in [1.165, 1.54) is 36.4 Å². The lowest BCUT2D eigenvalue weighted by Gasteiger charge is -2.14. The Balaban J connectivity index is 2.12. The van der Waals surface area contributed by atoms with Gasteiger partial charge in [0.1, 0.15) is 0 Å². The Morgan fingerprint density at radius 3 is 2.44 bits per heavy atom. The normalized spacial score (nSPS) is 10.9. The van der Waals surface area contributed by atoms with Crippen LogP contribution in [-0.2, 0) is 10.9 Å². The number of carbonyl (C=O) groups excluding carboxylic acids is 2. The van der Waals surface area contributed by atoms with E-state index in [1.807, 2.05) is 0 Å². The average molecular weight is 352 g/mol. The van der Waals surface area contributed by atoms with E-state index in [-0.39, 0.29) is 23.5 Å². The molecule has 8 heteroatoms. The summed E-state index contributed by atoms with van der Waals surface area (Å²) in [5, 5.41) is 4.53. The van der Waals surface area contributed by atoms with Crippen molar-refractivity contribution in [3.05, 3.63) is 59.7 Å². The summed E-state index contributed by atoms with van der Waals surface area (Å²) < 4.78 is 43.6. The van der Waals surface area contributed by atoms with Crippen molar-refractivity contribution in [2.45, 2.75) is 13.1 Å². The van der Waals surface area contributed by atoms with Gasteiger partial charge in [0, 0.05) is 5.69 Å². The molecule has 0 spiro atoms. The maximum atomic E-state index is 12.9. The van der Waals surface area contributed by atoms with Gasteiger partial charge in [-0.1, -0.05) is 18.2 Å². The number of halogens is 3. The minimum absolute atomic E-state index is 0.200. The van der Waals surface area contributed by atoms with Gasteiger partial charge in [-0.05, 0) is 37.3 Å². The molecule has 2 aromatic carbocycles. The third kappa shape index (κ3) is 4.97. The predicted molar refractivity (Wildman–Crippen MR) is 86.5 cm³/mol. The van der Waals surface area contributed by atoms with E-state index in [1.54, 1.807) is 6.92 Å². The number of hydrogen-bond acceptors (Lipinski definition) is 3. The summed E-state index contributed by atoms with van der Waals surface area (Å²) >= 11 is 0. The summed E-state index contributed by atoms with van der Waals surface area (Å²) in [7, 11) is 0. The largest absolute Gasteiger partial charge is 0.462 e. The Hall–Kier alpha value is -3.03. The first-order chi connectivity index (χ1) is 11.8. The molecule has 0 bridgehead atoms. The minimum Gasteiger partial charge on any atom is -0.462 e. The summed E-state index contributed by atoms with van der Waals surface area (Å²) in [5.41, 5.74) is -0.859. The molecule has 2 N–H and O–H groups in total. The molecule has 0 atom stereocenters. The van der Waals surface area contributed by atoms with Crippen LogP contribution in [0.3, 0.4) is 0 Å². The van der Waals surface area contributed by atoms with Crippen molar-refractivity contribution >= 4 is 23.4 Å². The fraction of sp³-hybridized carbons (Fsp3) is 0.176. The van der Waals surface area contributed by atoms with Crippen LogP contribution in [0.4, 0.5) is 29.3 Å². The first-order valence-corrected chi connectivity index (χ1v) is 7.32. The molecule has 0 aliphatic heterocycles. The number of benzene rings is 2. The molecule has 2 amide bonds. The van der Waals surface area contributed by atoms with Gasteiger partial charge in [-0.3, -0.25) is 0 Å². The number of ether oxygens (including phenoxy) is 1. The Bertz CT molecular complexity index is 776. The minimum atomic E-state index is -4.59. The van der Waals surface area contributed by atoms with E-state index in [2.05, 4.69) is 10.6 Å². The topological polar surface area (TPSA) is 67.4 Å². The van der Waals surface area contributed by atoms with E-state index in [9.17, 15) is 22.8 Å². The number of nitrogens with one attached hydrogen (secondary N) is 2. The molecule has 0 heterocycles. The Kier molecular flexibility index (Phi) is 5.63. The van der Waals surface area contributed by atoms with Gasteiger partial charge in [0.15, 0.2) is 0 Å². The van der Waals surface area contributed by atoms with Crippen molar-refractivity contribution in [3.8, 4) is 0 Å². The first kappa shape index (κ1) is 18.3. The number of urea groups is 1. The molecule has 0 saturated heterocycles. The number of para-hydroxylation sites is 1. The van der Waals surface area contributed by atoms with Crippen molar-refractivity contribution in [2.75, 3.05) is 17.2 Å². The van der Waals surface area contributed by atoms with Gasteiger partial charge in [-0.2, -0.15) is 13.2 Å². The highest BCUT2D eigenvalue weighted by Gasteiger charge is 2.33. The van der Waals surface area contributed by atoms with Gasteiger partial charge < -0.3 is 15.4 Å². The molecule has 0 unspecified atom stereocenters. The highest BCUT2D eigenvalue weighted by molar-refractivity contribution is 6.01. The van der Waals surface area contributed by atoms with E-state index in [4.69, 9.17) is 4.74 Å². The molecule has 0 aromatic heterocycles. The molecule has 0 radical (unpaired) electrons. The number of hydrogen-bond donors (Lipinski definition) is 2. The summed E-state index contributed by atoms with van der Waals surface area (Å²) in [6.45, 7) is 1.86. The van der Waals surface area contributed by atoms with Crippen LogP contribution >= 0.6 is 0 Å². The zero-order chi connectivity index (χ0) is 18.4. The Labute approximate surface area is 141 Å². The second-order valence-electron chi connectivity index (χ2n) is 4.92. The third-order valence-corrected chi connectivity index (χ3v) is 3.11. The van der Waals surface area contributed by atoms with Crippen LogP contribution in [0.5, 0.6) is 0 Å². The highest BCUT2D eigenvalue weighted by atomic mass is 19.4. The Morgan fingerprint density at radius 1 is 1.04 bits per heavy atom. The summed E-state index contributed by atoms with van der Waals surface area (Å²) in [4.78, 5) is 23.6. The van der Waals surface area contributed by atoms with Gasteiger partial charge >= 0.3 is 18.2 Å². The predicted octanol–water partition coefficient (Wildman–Crippen LogP) is 4.53. The molecular formula is C17H15F3N2O3. The number of rotatable bonds is 4. The van der Waals surface area contributed by atoms with Crippen LogP contribution in [0.15, 0.2) is 48.5 Å². The summed E-state index contributed by atoms with van der Waals surface area (Å²) in [6.07, 6.45) is -4.59. The lowest BCUT2D eigenvalue weighted by Crippen LogP contribution is -2.22. The van der Waals surface area contributed by atoms with Crippen LogP contribution in [0.1, 0.15) is 22.8 Å². The number of alkyl halides is 3. The summed E-state index contributed by atoms with van der Waals surface area (Å²) in [6, 6.07) is 9.66. The second-order valence-corrected chi connectivity index (χ2v) is 4.92. The number of anilines is 2. The lowest BCUT2D eigenvalue weighted by molar-refractivity contribution is -0.136. The molecule has 0 aliphatic rings. The van der Waals surface area contributed by atoms with Crippen LogP contribution in [0, 0.1) is 0 Å². The van der Waals surface area contributed by atoms with Crippen molar-refractivity contribution in [1.29, 1.82) is 0 Å². The highest BCUT2D eigenvalue weighted by Crippen LogP contribution is 2.34. The zero-order valence-electron chi connectivity index (χ0n) is 13.2. The smallest absolute Gasteiger partial charge is 0.418 e. The average Bonchev–Trinajstić information content (AvgIpc) is 2.54. The zero-order valence-corrected chi connectivity index (χ0v) is 13.2. The van der Waals surface area contributed by atoms with Crippen molar-refractivity contribution in [3.63, 3.8) is 0 Å². The van der Waals surface area contributed by atoms with Crippen molar-refractivity contribution in [1.82, 2.24) is 0 Å². The van der Waals surface area contributed by atoms with Crippen LogP contribution in [-0.4, -0.2) is 18.6 Å². The molecule has 2 rings (SSSR count). The van der Waals surface area contributed by atoms with Gasteiger partial charge in [0.2, 0.25) is 0 Å². The first-order valence-electron chi connectivity index (χ1n) is 7.32. The molecule has 132 valence electrons. The fourth-order valence-corrected chi connectivity index (χ4v) is 2.06. The maximum absolute atomic E-state index is 12.9. The standard InChI is InChI=1S/C17H15F3N2O3/c1-2-25-15(23)11-6-5-7-12(10-11)21-16(24)22-14-9-4-3-8-13(14)17(18,19)20/h3-10H,2H2,1H3,(H2,21,22,24). The maximum Gasteiger partial charge on any atom is 0.418 e. The fourth-order valence-electron chi connectivity index (χ4n) is 2.06. The molecule has 0 aliphatic carbocycles. The molecule has 2 aromatic rings. The molecular weight excluding hydrogens is 337 g/mol. The Morgan fingerprint density at radius 2 is 1.76 bits per heavy atom. The summed E-state index contributed by atoms with van der Waals surface area (Å²) in [5.74, 6) is -0.561. The van der Waals surface area contributed by atoms with Crippen LogP contribution in [0.2, 0.25) is 0 Å². The number of amides is 2. The van der Waals surface area contributed by atoms with Gasteiger partial charge in [0.25, 0.3) is 0 Å². The quantitative estimate of drug-likeness (QED) is 0.795. The van der Waals surface area contributed by atoms with Gasteiger partial charge in [0.05, 0.1) is 23.4 Å². The van der Waals surface area contributed by atoms with E-state index >= 15 is 0 Å². The van der Waals surface area contributed by atoms with Gasteiger partial charge in [-0.15, -0.1) is 0 Å². The van der Waals surface area contributed by atoms with E-state index in [0.29, 0.717) is 0 Å². The molecule has 5 nitrogen and oxygen atoms in total. The molecule has 0 saturated carbocycles. The van der Waals surface area contributed by atoms with Crippen LogP contribution in [0.25, 0.3) is 0 Å². The van der Waals surface area contributed by atoms with Crippen molar-refractivity contribution in [2.24, 2.45) is 0 Å². The lowest BCUT2D eigenvalue weighted by atomic mass is 10.1. The number of esters is 1. The van der Waals surface area contributed by atoms with Crippen molar-refractivity contribution < 1.29 is 27.5 Å². The second kappa shape index (κ2) is 7.69. The third-order valence-electron chi connectivity index (χ3n) is 3.11. The molecule has 0 fully saturated rings. The van der Waals surface area contributed by atoms with Crippen LogP contribution < -0.4 is 10.6 Å². The van der Waals surface area contributed by atoms with E-state index < -0.39 is 23.7 Å². The SMILES string of the molecule is CCOC(=O)c1cccc(NC(=O)Nc2ccccc2C(F)(F)F)c1. The van der Waals surface area contributed by atoms with Gasteiger partial charge in [-0.25, -0.2) is 9.59 Å².